The summed E-state index contributed by atoms with van der Waals surface area (Å²) in [5.74, 6) is -7.45. The fraction of sp³-hybridized carbons (Fsp3) is 0.467. The monoisotopic (exact) mass is 345 g/mol. The molecule has 5 atom stereocenters. The molecule has 2 aliphatic rings. The van der Waals surface area contributed by atoms with E-state index in [1.807, 2.05) is 0 Å². The topological polar surface area (TPSA) is 110 Å². The van der Waals surface area contributed by atoms with Crippen LogP contribution in [0.15, 0.2) is 18.2 Å². The molecule has 3 unspecified atom stereocenters. The van der Waals surface area contributed by atoms with Crippen molar-refractivity contribution < 1.29 is 37.7 Å². The van der Waals surface area contributed by atoms with Gasteiger partial charge in [-0.25, -0.2) is 18.0 Å². The number of carboxylic acid groups (broad SMARTS) is 2. The molecule has 3 rings (SSSR count). The average molecular weight is 345 g/mol. The van der Waals surface area contributed by atoms with Crippen molar-refractivity contribution in [3.05, 3.63) is 35.4 Å². The first kappa shape index (κ1) is 16.7. The molecule has 0 amide bonds. The molecule has 0 radical (unpaired) electrons. The lowest BCUT2D eigenvalue weighted by Gasteiger charge is -2.31. The summed E-state index contributed by atoms with van der Waals surface area (Å²) in [5, 5.41) is 18.3. The van der Waals surface area contributed by atoms with E-state index in [1.54, 1.807) is 0 Å². The van der Waals surface area contributed by atoms with Gasteiger partial charge in [-0.15, -0.1) is 0 Å². The van der Waals surface area contributed by atoms with Crippen LogP contribution in [-0.2, 0) is 20.9 Å². The third-order valence-electron chi connectivity index (χ3n) is 4.87. The van der Waals surface area contributed by atoms with E-state index in [0.717, 1.165) is 12.1 Å². The van der Waals surface area contributed by atoms with E-state index in [0.29, 0.717) is 6.07 Å². The van der Waals surface area contributed by atoms with Crippen LogP contribution in [0.5, 0.6) is 0 Å². The molecule has 2 saturated carbocycles. The Balaban J connectivity index is 1.78. The number of carboxylic acids is 2. The Kier molecular flexibility index (Phi) is 3.61. The molecule has 1 aromatic rings. The maximum absolute atomic E-state index is 14.3. The number of halogens is 3. The maximum atomic E-state index is 14.3. The van der Waals surface area contributed by atoms with Gasteiger partial charge in [0, 0.05) is 17.9 Å². The number of hydrogen-bond acceptors (Lipinski definition) is 4. The van der Waals surface area contributed by atoms with Crippen LogP contribution in [-0.4, -0.2) is 39.5 Å². The molecule has 4 N–H and O–H groups in total. The minimum Gasteiger partial charge on any atom is -0.480 e. The largest absolute Gasteiger partial charge is 0.480 e. The fourth-order valence-electron chi connectivity index (χ4n) is 3.70. The molecule has 1 aromatic carbocycles. The molecule has 130 valence electrons. The van der Waals surface area contributed by atoms with Crippen molar-refractivity contribution in [2.24, 2.45) is 17.6 Å². The van der Waals surface area contributed by atoms with Crippen LogP contribution in [0.4, 0.5) is 13.2 Å². The molecule has 24 heavy (non-hydrogen) atoms. The van der Waals surface area contributed by atoms with E-state index in [1.165, 1.54) is 0 Å². The molecule has 0 bridgehead atoms. The molecule has 0 aliphatic heterocycles. The molecule has 0 spiro atoms. The maximum Gasteiger partial charge on any atom is 0.342 e. The highest BCUT2D eigenvalue weighted by Crippen LogP contribution is 2.67. The predicted octanol–water partition coefficient (Wildman–Crippen LogP) is 1.07. The molecular weight excluding hydrogens is 331 g/mol. The number of carbonyl (C=O) groups is 2. The van der Waals surface area contributed by atoms with E-state index in [2.05, 4.69) is 0 Å². The Labute approximate surface area is 134 Å². The SMILES string of the molecule is N[C@@]1(C(=O)O)C(OCc2cc(F)cc(F)c2)CC2C1[C@@]2(F)C(=O)O. The summed E-state index contributed by atoms with van der Waals surface area (Å²) in [5.41, 5.74) is 1.01. The Bertz CT molecular complexity index is 709. The van der Waals surface area contributed by atoms with Gasteiger partial charge in [0.05, 0.1) is 12.7 Å². The van der Waals surface area contributed by atoms with Gasteiger partial charge in [0.1, 0.15) is 17.2 Å². The Morgan fingerprint density at radius 1 is 1.21 bits per heavy atom. The van der Waals surface area contributed by atoms with Crippen LogP contribution in [0.1, 0.15) is 12.0 Å². The number of alkyl halides is 1. The number of benzene rings is 1. The third kappa shape index (κ3) is 2.19. The van der Waals surface area contributed by atoms with E-state index >= 15 is 0 Å². The lowest BCUT2D eigenvalue weighted by molar-refractivity contribution is -0.156. The zero-order valence-corrected chi connectivity index (χ0v) is 12.2. The molecule has 0 saturated heterocycles. The molecule has 6 nitrogen and oxygen atoms in total. The van der Waals surface area contributed by atoms with Gasteiger partial charge in [0.25, 0.3) is 0 Å². The normalized spacial score (nSPS) is 37.1. The van der Waals surface area contributed by atoms with Crippen molar-refractivity contribution in [3.8, 4) is 0 Å². The van der Waals surface area contributed by atoms with E-state index in [-0.39, 0.29) is 18.6 Å². The van der Waals surface area contributed by atoms with Crippen molar-refractivity contribution in [1.82, 2.24) is 0 Å². The van der Waals surface area contributed by atoms with Crippen LogP contribution in [0, 0.1) is 23.5 Å². The van der Waals surface area contributed by atoms with Gasteiger partial charge in [0.15, 0.2) is 0 Å². The summed E-state index contributed by atoms with van der Waals surface area (Å²) in [6.07, 6.45) is -1.37. The summed E-state index contributed by atoms with van der Waals surface area (Å²) in [4.78, 5) is 22.5. The first-order chi connectivity index (χ1) is 11.1. The summed E-state index contributed by atoms with van der Waals surface area (Å²) < 4.78 is 46.0. The highest BCUT2D eigenvalue weighted by Gasteiger charge is 2.85. The fourth-order valence-corrected chi connectivity index (χ4v) is 3.70. The van der Waals surface area contributed by atoms with Gasteiger partial charge in [-0.3, -0.25) is 4.79 Å². The average Bonchev–Trinajstić information content (AvgIpc) is 2.93. The van der Waals surface area contributed by atoms with Crippen LogP contribution in [0.2, 0.25) is 0 Å². The summed E-state index contributed by atoms with van der Waals surface area (Å²) in [6, 6.07) is 2.69. The second-order valence-electron chi connectivity index (χ2n) is 6.21. The number of hydrogen-bond donors (Lipinski definition) is 3. The van der Waals surface area contributed by atoms with Crippen LogP contribution >= 0.6 is 0 Å². The quantitative estimate of drug-likeness (QED) is 0.736. The third-order valence-corrected chi connectivity index (χ3v) is 4.87. The number of nitrogens with two attached hydrogens (primary N) is 1. The standard InChI is InChI=1S/C15H14F3NO5/c16-7-1-6(2-8(17)3-7)5-24-10-4-9-11(14(9,18)12(20)21)15(10,19)13(22)23/h1-3,9-11H,4-5,19H2,(H,20,21)(H,22,23)/t9?,10?,11?,14-,15+/m1/s1. The van der Waals surface area contributed by atoms with Crippen LogP contribution in [0.3, 0.4) is 0 Å². The number of ether oxygens (including phenoxy) is 1. The molecule has 2 aliphatic carbocycles. The number of fused-ring (bicyclic) bond motifs is 1. The number of aliphatic carboxylic acids is 2. The zero-order valence-electron chi connectivity index (χ0n) is 12.2. The Hall–Kier alpha value is -2.13. The second kappa shape index (κ2) is 5.18. The zero-order chi connectivity index (χ0) is 17.9. The van der Waals surface area contributed by atoms with Gasteiger partial charge in [-0.05, 0) is 24.1 Å². The Morgan fingerprint density at radius 3 is 2.29 bits per heavy atom. The summed E-state index contributed by atoms with van der Waals surface area (Å²) in [6.45, 7) is -0.336. The van der Waals surface area contributed by atoms with Crippen LogP contribution < -0.4 is 5.73 Å². The predicted molar refractivity (Wildman–Crippen MR) is 72.6 cm³/mol. The van der Waals surface area contributed by atoms with Gasteiger partial charge in [-0.2, -0.15) is 0 Å². The van der Waals surface area contributed by atoms with E-state index in [4.69, 9.17) is 15.6 Å². The van der Waals surface area contributed by atoms with Gasteiger partial charge >= 0.3 is 11.9 Å². The Morgan fingerprint density at radius 2 is 1.79 bits per heavy atom. The summed E-state index contributed by atoms with van der Waals surface area (Å²) in [7, 11) is 0. The van der Waals surface area contributed by atoms with Crippen LogP contribution in [0.25, 0.3) is 0 Å². The van der Waals surface area contributed by atoms with Gasteiger partial charge < -0.3 is 20.7 Å². The van der Waals surface area contributed by atoms with Crippen molar-refractivity contribution in [1.29, 1.82) is 0 Å². The highest BCUT2D eigenvalue weighted by molar-refractivity contribution is 5.90. The lowest BCUT2D eigenvalue weighted by Crippen LogP contribution is -2.60. The number of rotatable bonds is 5. The van der Waals surface area contributed by atoms with Crippen molar-refractivity contribution in [2.75, 3.05) is 0 Å². The highest BCUT2D eigenvalue weighted by atomic mass is 19.1. The van der Waals surface area contributed by atoms with E-state index in [9.17, 15) is 27.9 Å². The summed E-state index contributed by atoms with van der Waals surface area (Å²) >= 11 is 0. The minimum absolute atomic E-state index is 0.116. The first-order valence-corrected chi connectivity index (χ1v) is 7.13. The van der Waals surface area contributed by atoms with Gasteiger partial charge in [-0.1, -0.05) is 0 Å². The van der Waals surface area contributed by atoms with Crippen molar-refractivity contribution in [3.63, 3.8) is 0 Å². The molecular formula is C15H14F3NO5. The minimum atomic E-state index is -2.68. The molecule has 0 aromatic heterocycles. The molecule has 9 heteroatoms. The smallest absolute Gasteiger partial charge is 0.342 e. The van der Waals surface area contributed by atoms with Crippen molar-refractivity contribution >= 4 is 11.9 Å². The first-order valence-electron chi connectivity index (χ1n) is 7.13. The molecule has 2 fully saturated rings. The van der Waals surface area contributed by atoms with Crippen molar-refractivity contribution in [2.45, 2.75) is 30.3 Å². The van der Waals surface area contributed by atoms with E-state index < -0.39 is 52.7 Å². The van der Waals surface area contributed by atoms with Gasteiger partial charge in [0.2, 0.25) is 5.67 Å². The second-order valence-corrected chi connectivity index (χ2v) is 6.21. The lowest BCUT2D eigenvalue weighted by atomic mass is 9.88. The molecule has 0 heterocycles.